The monoisotopic (exact) mass is 209 g/mol. The van der Waals surface area contributed by atoms with Crippen LogP contribution in [0.1, 0.15) is 25.4 Å². The molecule has 0 spiro atoms. The Hall–Kier alpha value is -1.58. The Bertz CT molecular complexity index is 366. The van der Waals surface area contributed by atoms with Crippen molar-refractivity contribution < 1.29 is 14.0 Å². The fourth-order valence-electron chi connectivity index (χ4n) is 1.24. The first kappa shape index (κ1) is 11.5. The lowest BCUT2D eigenvalue weighted by Crippen LogP contribution is -2.36. The molecule has 0 aliphatic rings. The number of nitrogens with one attached hydrogen (secondary N) is 1. The van der Waals surface area contributed by atoms with Crippen LogP contribution < -0.4 is 5.32 Å². The molecule has 0 aliphatic carbocycles. The highest BCUT2D eigenvalue weighted by molar-refractivity contribution is 6.23. The summed E-state index contributed by atoms with van der Waals surface area (Å²) < 4.78 is 5.47. The average Bonchev–Trinajstić information content (AvgIpc) is 2.62. The topological polar surface area (TPSA) is 59.3 Å². The quantitative estimate of drug-likeness (QED) is 0.598. The number of hydrogen-bond donors (Lipinski definition) is 1. The van der Waals surface area contributed by atoms with Gasteiger partial charge in [0.1, 0.15) is 11.5 Å². The lowest BCUT2D eigenvalue weighted by Gasteiger charge is -2.21. The van der Waals surface area contributed by atoms with Gasteiger partial charge in [-0.2, -0.15) is 0 Å². The molecular formula is C11H15NO3. The number of aryl methyl sites for hydroxylation is 1. The zero-order valence-electron chi connectivity index (χ0n) is 9.16. The van der Waals surface area contributed by atoms with Crippen molar-refractivity contribution in [3.05, 3.63) is 23.7 Å². The molecule has 0 aromatic carbocycles. The highest BCUT2D eigenvalue weighted by Gasteiger charge is 2.24. The van der Waals surface area contributed by atoms with E-state index in [1.165, 1.54) is 0 Å². The summed E-state index contributed by atoms with van der Waals surface area (Å²) in [5.41, 5.74) is -0.313. The normalized spacial score (nSPS) is 11.1. The van der Waals surface area contributed by atoms with Crippen molar-refractivity contribution in [3.8, 4) is 0 Å². The maximum atomic E-state index is 10.8. The number of carbonyl (C=O) groups excluding carboxylic acids is 2. The summed E-state index contributed by atoms with van der Waals surface area (Å²) in [5.74, 6) is 1.03. The van der Waals surface area contributed by atoms with E-state index < -0.39 is 5.91 Å². The minimum absolute atomic E-state index is 0.267. The molecule has 0 saturated carbocycles. The molecule has 0 atom stereocenters. The van der Waals surface area contributed by atoms with E-state index in [0.29, 0.717) is 6.54 Å². The van der Waals surface area contributed by atoms with E-state index in [1.54, 1.807) is 0 Å². The molecule has 0 aliphatic heterocycles. The predicted molar refractivity (Wildman–Crippen MR) is 55.5 cm³/mol. The van der Waals surface area contributed by atoms with Gasteiger partial charge in [0.25, 0.3) is 5.91 Å². The number of amides is 1. The van der Waals surface area contributed by atoms with Gasteiger partial charge in [0.15, 0.2) is 0 Å². The molecule has 1 N–H and O–H groups in total. The second-order valence-corrected chi connectivity index (χ2v) is 4.13. The minimum Gasteiger partial charge on any atom is -0.466 e. The van der Waals surface area contributed by atoms with Gasteiger partial charge in [0, 0.05) is 12.0 Å². The van der Waals surface area contributed by atoms with Crippen LogP contribution in [0.3, 0.4) is 0 Å². The van der Waals surface area contributed by atoms with Crippen molar-refractivity contribution in [2.45, 2.75) is 26.2 Å². The van der Waals surface area contributed by atoms with Crippen LogP contribution in [-0.4, -0.2) is 18.7 Å². The number of furan rings is 1. The van der Waals surface area contributed by atoms with Gasteiger partial charge in [-0.15, -0.1) is 0 Å². The Kier molecular flexibility index (Phi) is 3.29. The first-order valence-electron chi connectivity index (χ1n) is 4.75. The Morgan fingerprint density at radius 1 is 1.53 bits per heavy atom. The predicted octanol–water partition coefficient (Wildman–Crippen LogP) is 1.18. The van der Waals surface area contributed by atoms with Gasteiger partial charge in [-0.1, -0.05) is 13.8 Å². The van der Waals surface area contributed by atoms with Crippen molar-refractivity contribution in [2.24, 2.45) is 0 Å². The van der Waals surface area contributed by atoms with Gasteiger partial charge in [0.05, 0.1) is 0 Å². The standard InChI is InChI=1S/C11H15NO3/c1-8-4-5-9(15-8)11(2,3)7-12-10(14)6-13/h4-6H,7H2,1-3H3,(H,12,14). The smallest absolute Gasteiger partial charge is 0.284 e. The number of hydrogen-bond acceptors (Lipinski definition) is 3. The SMILES string of the molecule is Cc1ccc(C(C)(C)CNC(=O)C=O)o1. The molecule has 1 rings (SSSR count). The summed E-state index contributed by atoms with van der Waals surface area (Å²) in [7, 11) is 0. The molecule has 1 amide bonds. The fraction of sp³-hybridized carbons (Fsp3) is 0.455. The first-order chi connectivity index (χ1) is 6.95. The van der Waals surface area contributed by atoms with Gasteiger partial charge in [-0.25, -0.2) is 0 Å². The van der Waals surface area contributed by atoms with Crippen LogP contribution in [0.15, 0.2) is 16.5 Å². The molecular weight excluding hydrogens is 194 g/mol. The summed E-state index contributed by atoms with van der Waals surface area (Å²) in [4.78, 5) is 20.9. The van der Waals surface area contributed by atoms with Crippen LogP contribution in [0, 0.1) is 6.92 Å². The number of rotatable bonds is 4. The van der Waals surface area contributed by atoms with Crippen LogP contribution in [-0.2, 0) is 15.0 Å². The maximum Gasteiger partial charge on any atom is 0.284 e. The molecule has 15 heavy (non-hydrogen) atoms. The summed E-state index contributed by atoms with van der Waals surface area (Å²) in [6.45, 7) is 6.12. The zero-order valence-corrected chi connectivity index (χ0v) is 9.16. The van der Waals surface area contributed by atoms with Crippen molar-refractivity contribution in [1.82, 2.24) is 5.32 Å². The van der Waals surface area contributed by atoms with Crippen LogP contribution >= 0.6 is 0 Å². The molecule has 0 radical (unpaired) electrons. The molecule has 0 bridgehead atoms. The van der Waals surface area contributed by atoms with Crippen molar-refractivity contribution >= 4 is 12.2 Å². The van der Waals surface area contributed by atoms with Gasteiger partial charge < -0.3 is 9.73 Å². The zero-order chi connectivity index (χ0) is 11.5. The molecule has 1 heterocycles. The van der Waals surface area contributed by atoms with Gasteiger partial charge >= 0.3 is 0 Å². The van der Waals surface area contributed by atoms with Crippen LogP contribution in [0.25, 0.3) is 0 Å². The number of aldehydes is 1. The molecule has 4 nitrogen and oxygen atoms in total. The average molecular weight is 209 g/mol. The third-order valence-electron chi connectivity index (χ3n) is 2.22. The summed E-state index contributed by atoms with van der Waals surface area (Å²) in [6, 6.07) is 3.75. The second kappa shape index (κ2) is 4.29. The Labute approximate surface area is 88.7 Å². The Balaban J connectivity index is 2.66. The molecule has 0 fully saturated rings. The van der Waals surface area contributed by atoms with Crippen LogP contribution in [0.2, 0.25) is 0 Å². The Morgan fingerprint density at radius 2 is 2.20 bits per heavy atom. The molecule has 1 aromatic rings. The van der Waals surface area contributed by atoms with E-state index in [0.717, 1.165) is 11.5 Å². The number of carbonyl (C=O) groups is 2. The highest BCUT2D eigenvalue weighted by Crippen LogP contribution is 2.24. The molecule has 4 heteroatoms. The summed E-state index contributed by atoms with van der Waals surface area (Å²) in [6.07, 6.45) is 0.267. The van der Waals surface area contributed by atoms with Gasteiger partial charge in [0.2, 0.25) is 6.29 Å². The van der Waals surface area contributed by atoms with E-state index in [1.807, 2.05) is 32.9 Å². The van der Waals surface area contributed by atoms with Crippen molar-refractivity contribution in [2.75, 3.05) is 6.54 Å². The minimum atomic E-state index is -0.605. The third-order valence-corrected chi connectivity index (χ3v) is 2.22. The molecule has 82 valence electrons. The first-order valence-corrected chi connectivity index (χ1v) is 4.75. The maximum absolute atomic E-state index is 10.8. The fourth-order valence-corrected chi connectivity index (χ4v) is 1.24. The van der Waals surface area contributed by atoms with E-state index in [2.05, 4.69) is 5.32 Å². The largest absolute Gasteiger partial charge is 0.466 e. The summed E-state index contributed by atoms with van der Waals surface area (Å²) in [5, 5.41) is 2.51. The second-order valence-electron chi connectivity index (χ2n) is 4.13. The summed E-state index contributed by atoms with van der Waals surface area (Å²) >= 11 is 0. The van der Waals surface area contributed by atoms with Crippen LogP contribution in [0.4, 0.5) is 0 Å². The molecule has 0 unspecified atom stereocenters. The van der Waals surface area contributed by atoms with E-state index in [-0.39, 0.29) is 11.7 Å². The van der Waals surface area contributed by atoms with Crippen molar-refractivity contribution in [1.29, 1.82) is 0 Å². The Morgan fingerprint density at radius 3 is 2.67 bits per heavy atom. The van der Waals surface area contributed by atoms with Crippen LogP contribution in [0.5, 0.6) is 0 Å². The van der Waals surface area contributed by atoms with Gasteiger partial charge in [-0.05, 0) is 19.1 Å². The molecule has 1 aromatic heterocycles. The van der Waals surface area contributed by atoms with Gasteiger partial charge in [-0.3, -0.25) is 9.59 Å². The lowest BCUT2D eigenvalue weighted by atomic mass is 9.90. The van der Waals surface area contributed by atoms with Crippen molar-refractivity contribution in [3.63, 3.8) is 0 Å². The van der Waals surface area contributed by atoms with E-state index in [9.17, 15) is 9.59 Å². The third kappa shape index (κ3) is 2.94. The van der Waals surface area contributed by atoms with E-state index >= 15 is 0 Å². The molecule has 0 saturated heterocycles. The lowest BCUT2D eigenvalue weighted by molar-refractivity contribution is -0.131. The highest BCUT2D eigenvalue weighted by atomic mass is 16.3. The van der Waals surface area contributed by atoms with E-state index in [4.69, 9.17) is 4.42 Å².